The van der Waals surface area contributed by atoms with Crippen LogP contribution in [0.3, 0.4) is 0 Å². The van der Waals surface area contributed by atoms with Crippen LogP contribution in [0.15, 0.2) is 206 Å². The number of aromatic nitrogens is 4. The van der Waals surface area contributed by atoms with Gasteiger partial charge in [0.1, 0.15) is 0 Å². The van der Waals surface area contributed by atoms with Crippen LogP contribution < -0.4 is 0 Å². The summed E-state index contributed by atoms with van der Waals surface area (Å²) < 4.78 is 9.74. The standard InChI is InChI=1S/C54H34N4/c1-3-16-35(17-4-1)55-43-26-11-7-22-39(43)51-47(55)30-32-49-53(51)41-24-9-13-28-45(41)57(49)37-20-15-21-38(34-37)58-46-29-14-10-25-42(46)54-50(58)33-31-48-52(54)40-23-8-12-27-44(40)56(48)36-18-5-2-6-19-36/h1-34H. The molecule has 0 saturated carbocycles. The Morgan fingerprint density at radius 2 is 0.448 bits per heavy atom. The van der Waals surface area contributed by atoms with Crippen molar-refractivity contribution in [2.24, 2.45) is 0 Å². The SMILES string of the molecule is c1ccc(-n2c3ccccc3c3c4c5ccccc5n(-c5cccc(-n6c7ccccc7c7c8c9ccccc9n(-c9ccccc9)c8ccc76)c5)c4ccc32)cc1. The molecule has 0 unspecified atom stereocenters. The maximum atomic E-state index is 2.46. The topological polar surface area (TPSA) is 19.7 Å². The highest BCUT2D eigenvalue weighted by Crippen LogP contribution is 2.44. The summed E-state index contributed by atoms with van der Waals surface area (Å²) in [4.78, 5) is 0. The van der Waals surface area contributed by atoms with Crippen molar-refractivity contribution in [3.05, 3.63) is 206 Å². The van der Waals surface area contributed by atoms with Crippen molar-refractivity contribution < 1.29 is 0 Å². The second-order valence-corrected chi connectivity index (χ2v) is 15.3. The maximum Gasteiger partial charge on any atom is 0.0548 e. The number of rotatable bonds is 4. The molecule has 4 nitrogen and oxygen atoms in total. The third-order valence-electron chi connectivity index (χ3n) is 12.3. The van der Waals surface area contributed by atoms with Gasteiger partial charge in [-0.15, -0.1) is 0 Å². The van der Waals surface area contributed by atoms with Gasteiger partial charge in [0.25, 0.3) is 0 Å². The molecule has 4 aromatic heterocycles. The molecule has 0 amide bonds. The van der Waals surface area contributed by atoms with Crippen LogP contribution >= 0.6 is 0 Å². The Hall–Kier alpha value is -7.82. The molecule has 0 aliphatic rings. The van der Waals surface area contributed by atoms with Crippen molar-refractivity contribution in [1.82, 2.24) is 18.3 Å². The lowest BCUT2D eigenvalue weighted by Gasteiger charge is -2.13. The highest BCUT2D eigenvalue weighted by Gasteiger charge is 2.23. The summed E-state index contributed by atoms with van der Waals surface area (Å²) in [6.45, 7) is 0. The number of nitrogens with zero attached hydrogens (tertiary/aromatic N) is 4. The molecular weight excluding hydrogens is 705 g/mol. The van der Waals surface area contributed by atoms with Crippen LogP contribution in [-0.2, 0) is 0 Å². The van der Waals surface area contributed by atoms with E-state index < -0.39 is 0 Å². The summed E-state index contributed by atoms with van der Waals surface area (Å²) in [6, 6.07) is 75.3. The fourth-order valence-electron chi connectivity index (χ4n) is 10.1. The zero-order chi connectivity index (χ0) is 37.9. The number of benzene rings is 9. The van der Waals surface area contributed by atoms with E-state index in [0.717, 1.165) is 22.7 Å². The minimum Gasteiger partial charge on any atom is -0.309 e. The van der Waals surface area contributed by atoms with Gasteiger partial charge in [-0.1, -0.05) is 115 Å². The first-order valence-corrected chi connectivity index (χ1v) is 20.0. The number of fused-ring (bicyclic) bond motifs is 14. The van der Waals surface area contributed by atoms with Gasteiger partial charge in [-0.2, -0.15) is 0 Å². The largest absolute Gasteiger partial charge is 0.309 e. The first-order chi connectivity index (χ1) is 28.8. The molecule has 13 aromatic rings. The molecule has 9 aromatic carbocycles. The van der Waals surface area contributed by atoms with E-state index in [-0.39, 0.29) is 0 Å². The molecule has 0 aliphatic heterocycles. The van der Waals surface area contributed by atoms with E-state index >= 15 is 0 Å². The lowest BCUT2D eigenvalue weighted by molar-refractivity contribution is 1.13. The third kappa shape index (κ3) is 4.18. The van der Waals surface area contributed by atoms with Crippen molar-refractivity contribution in [1.29, 1.82) is 0 Å². The van der Waals surface area contributed by atoms with E-state index in [4.69, 9.17) is 0 Å². The van der Waals surface area contributed by atoms with Gasteiger partial charge >= 0.3 is 0 Å². The second-order valence-electron chi connectivity index (χ2n) is 15.3. The zero-order valence-corrected chi connectivity index (χ0v) is 31.4. The predicted molar refractivity (Wildman–Crippen MR) is 244 cm³/mol. The summed E-state index contributed by atoms with van der Waals surface area (Å²) in [5.41, 5.74) is 14.2. The van der Waals surface area contributed by atoms with E-state index in [1.165, 1.54) is 87.2 Å². The van der Waals surface area contributed by atoms with Crippen LogP contribution in [0.2, 0.25) is 0 Å². The minimum atomic E-state index is 1.13. The predicted octanol–water partition coefficient (Wildman–Crippen LogP) is 14.1. The summed E-state index contributed by atoms with van der Waals surface area (Å²) in [7, 11) is 0. The van der Waals surface area contributed by atoms with Crippen molar-refractivity contribution in [3.8, 4) is 22.7 Å². The normalized spacial score (nSPS) is 12.1. The maximum absolute atomic E-state index is 2.46. The number of hydrogen-bond donors (Lipinski definition) is 0. The lowest BCUT2D eigenvalue weighted by Crippen LogP contribution is -1.98. The Kier molecular flexibility index (Phi) is 6.41. The molecule has 0 spiro atoms. The molecule has 0 bridgehead atoms. The highest BCUT2D eigenvalue weighted by atomic mass is 15.0. The molecule has 0 aliphatic carbocycles. The highest BCUT2D eigenvalue weighted by molar-refractivity contribution is 6.30. The van der Waals surface area contributed by atoms with E-state index in [1.54, 1.807) is 0 Å². The van der Waals surface area contributed by atoms with E-state index in [0.29, 0.717) is 0 Å². The van der Waals surface area contributed by atoms with Gasteiger partial charge in [-0.05, 0) is 91.0 Å². The quantitative estimate of drug-likeness (QED) is 0.171. The molecular formula is C54H34N4. The van der Waals surface area contributed by atoms with Crippen molar-refractivity contribution >= 4 is 87.2 Å². The van der Waals surface area contributed by atoms with Gasteiger partial charge < -0.3 is 18.3 Å². The zero-order valence-electron chi connectivity index (χ0n) is 31.4. The van der Waals surface area contributed by atoms with Crippen LogP contribution in [0.5, 0.6) is 0 Å². The summed E-state index contributed by atoms with van der Waals surface area (Å²) >= 11 is 0. The Balaban J connectivity index is 1.09. The van der Waals surface area contributed by atoms with Crippen LogP contribution in [0.25, 0.3) is 110 Å². The first kappa shape index (κ1) is 31.4. The fourth-order valence-corrected chi connectivity index (χ4v) is 10.1. The average molecular weight is 739 g/mol. The van der Waals surface area contributed by atoms with Crippen molar-refractivity contribution in [2.45, 2.75) is 0 Å². The van der Waals surface area contributed by atoms with Gasteiger partial charge in [-0.3, -0.25) is 0 Å². The molecule has 58 heavy (non-hydrogen) atoms. The lowest BCUT2D eigenvalue weighted by atomic mass is 10.1. The second kappa shape index (κ2) is 11.8. The minimum absolute atomic E-state index is 1.13. The van der Waals surface area contributed by atoms with Gasteiger partial charge in [-0.25, -0.2) is 0 Å². The van der Waals surface area contributed by atoms with E-state index in [9.17, 15) is 0 Å². The molecule has 0 atom stereocenters. The Morgan fingerprint density at radius 1 is 0.190 bits per heavy atom. The van der Waals surface area contributed by atoms with Crippen LogP contribution in [0.4, 0.5) is 0 Å². The van der Waals surface area contributed by atoms with E-state index in [1.807, 2.05) is 0 Å². The van der Waals surface area contributed by atoms with Gasteiger partial charge in [0, 0.05) is 65.8 Å². The molecule has 0 N–H and O–H groups in total. The Bertz CT molecular complexity index is 3540. The fraction of sp³-hybridized carbons (Fsp3) is 0. The smallest absolute Gasteiger partial charge is 0.0548 e. The van der Waals surface area contributed by atoms with Crippen molar-refractivity contribution in [3.63, 3.8) is 0 Å². The van der Waals surface area contributed by atoms with Gasteiger partial charge in [0.2, 0.25) is 0 Å². The van der Waals surface area contributed by atoms with E-state index in [2.05, 4.69) is 225 Å². The van der Waals surface area contributed by atoms with Gasteiger partial charge in [0.05, 0.1) is 44.1 Å². The number of hydrogen-bond acceptors (Lipinski definition) is 0. The first-order valence-electron chi connectivity index (χ1n) is 20.0. The van der Waals surface area contributed by atoms with Gasteiger partial charge in [0.15, 0.2) is 0 Å². The summed E-state index contributed by atoms with van der Waals surface area (Å²) in [5.74, 6) is 0. The summed E-state index contributed by atoms with van der Waals surface area (Å²) in [5, 5.41) is 10.1. The van der Waals surface area contributed by atoms with Crippen LogP contribution in [0, 0.1) is 0 Å². The summed E-state index contributed by atoms with van der Waals surface area (Å²) in [6.07, 6.45) is 0. The van der Waals surface area contributed by atoms with Crippen LogP contribution in [-0.4, -0.2) is 18.3 Å². The average Bonchev–Trinajstić information content (AvgIpc) is 4.02. The molecule has 0 fully saturated rings. The Labute approximate surface area is 333 Å². The van der Waals surface area contributed by atoms with Crippen LogP contribution in [0.1, 0.15) is 0 Å². The molecule has 0 saturated heterocycles. The molecule has 4 heterocycles. The van der Waals surface area contributed by atoms with Crippen molar-refractivity contribution in [2.75, 3.05) is 0 Å². The number of para-hydroxylation sites is 6. The monoisotopic (exact) mass is 738 g/mol. The molecule has 4 heteroatoms. The third-order valence-corrected chi connectivity index (χ3v) is 12.3. The molecule has 13 rings (SSSR count). The Morgan fingerprint density at radius 3 is 0.776 bits per heavy atom. The molecule has 0 radical (unpaired) electrons. The molecule has 270 valence electrons.